The Hall–Kier alpha value is -2.76. The van der Waals surface area contributed by atoms with Gasteiger partial charge in [0.05, 0.1) is 29.9 Å². The predicted molar refractivity (Wildman–Crippen MR) is 125 cm³/mol. The van der Waals surface area contributed by atoms with Gasteiger partial charge in [0.25, 0.3) is 5.56 Å². The first-order valence-electron chi connectivity index (χ1n) is 9.99. The molecule has 0 aliphatic heterocycles. The van der Waals surface area contributed by atoms with Gasteiger partial charge in [0.1, 0.15) is 5.02 Å². The summed E-state index contributed by atoms with van der Waals surface area (Å²) < 4.78 is 6.37. The van der Waals surface area contributed by atoms with Crippen molar-refractivity contribution >= 4 is 34.9 Å². The van der Waals surface area contributed by atoms with E-state index in [1.165, 1.54) is 13.2 Å². The van der Waals surface area contributed by atoms with Crippen LogP contribution in [0.4, 0.5) is 5.69 Å². The molecule has 0 N–H and O–H groups in total. The first kappa shape index (κ1) is 22.9. The summed E-state index contributed by atoms with van der Waals surface area (Å²) in [7, 11) is 1.35. The quantitative estimate of drug-likeness (QED) is 0.434. The van der Waals surface area contributed by atoms with Crippen LogP contribution in [0.5, 0.6) is 0 Å². The normalized spacial score (nSPS) is 10.7. The van der Waals surface area contributed by atoms with Crippen LogP contribution in [0.1, 0.15) is 28.5 Å². The fourth-order valence-corrected chi connectivity index (χ4v) is 3.94. The highest BCUT2D eigenvalue weighted by molar-refractivity contribution is 6.34. The van der Waals surface area contributed by atoms with Crippen LogP contribution in [-0.2, 0) is 24.2 Å². The van der Waals surface area contributed by atoms with Crippen LogP contribution in [0.15, 0.2) is 65.5 Å². The number of aryl methyl sites for hydroxylation is 1. The molecule has 0 fully saturated rings. The lowest BCUT2D eigenvalue weighted by molar-refractivity contribution is 0.0600. The van der Waals surface area contributed by atoms with Gasteiger partial charge < -0.3 is 14.2 Å². The monoisotopic (exact) mass is 458 g/mol. The summed E-state index contributed by atoms with van der Waals surface area (Å²) >= 11 is 12.7. The van der Waals surface area contributed by atoms with Gasteiger partial charge in [0.15, 0.2) is 0 Å². The van der Waals surface area contributed by atoms with Crippen LogP contribution >= 0.6 is 23.2 Å². The zero-order chi connectivity index (χ0) is 22.4. The van der Waals surface area contributed by atoms with E-state index < -0.39 is 0 Å². The summed E-state index contributed by atoms with van der Waals surface area (Å²) in [5.41, 5.74) is 2.96. The number of carbonyl (C=O) groups excluding carboxylic acids is 1. The molecule has 5 nitrogen and oxygen atoms in total. The number of benzene rings is 2. The fraction of sp³-hybridized carbons (Fsp3) is 0.250. The minimum absolute atomic E-state index is 0.0950. The van der Waals surface area contributed by atoms with Gasteiger partial charge in [-0.2, -0.15) is 0 Å². The number of anilines is 1. The molecule has 0 atom stereocenters. The Kier molecular flexibility index (Phi) is 7.77. The SMILES string of the molecule is CCN(Cc1c(Cl)cc(Cl)c(=O)n1CCc1ccc(C(=O)OC)cc1)c1ccccc1. The maximum atomic E-state index is 12.8. The third-order valence-corrected chi connectivity index (χ3v) is 5.75. The van der Waals surface area contributed by atoms with Crippen molar-refractivity contribution in [1.82, 2.24) is 4.57 Å². The number of halogens is 2. The summed E-state index contributed by atoms with van der Waals surface area (Å²) in [6.45, 7) is 3.71. The Morgan fingerprint density at radius 2 is 1.71 bits per heavy atom. The van der Waals surface area contributed by atoms with E-state index in [1.807, 2.05) is 42.5 Å². The number of hydrogen-bond donors (Lipinski definition) is 0. The molecule has 3 aromatic rings. The molecular weight excluding hydrogens is 435 g/mol. The number of hydrogen-bond acceptors (Lipinski definition) is 4. The van der Waals surface area contributed by atoms with E-state index in [9.17, 15) is 9.59 Å². The first-order chi connectivity index (χ1) is 14.9. The minimum atomic E-state index is -0.382. The van der Waals surface area contributed by atoms with Crippen molar-refractivity contribution in [3.05, 3.63) is 97.9 Å². The van der Waals surface area contributed by atoms with Crippen LogP contribution in [0.2, 0.25) is 10.0 Å². The molecule has 7 heteroatoms. The molecular formula is C24H24Cl2N2O3. The molecule has 0 spiro atoms. The number of nitrogens with zero attached hydrogens (tertiary/aromatic N) is 2. The molecule has 3 rings (SSSR count). The summed E-state index contributed by atoms with van der Waals surface area (Å²) in [4.78, 5) is 26.6. The van der Waals surface area contributed by atoms with Gasteiger partial charge in [-0.3, -0.25) is 4.79 Å². The second-order valence-electron chi connectivity index (χ2n) is 7.03. The number of esters is 1. The number of aromatic nitrogens is 1. The number of para-hydroxylation sites is 1. The molecule has 31 heavy (non-hydrogen) atoms. The van der Waals surface area contributed by atoms with Crippen LogP contribution in [0, 0.1) is 0 Å². The third-order valence-electron chi connectivity index (χ3n) is 5.15. The van der Waals surface area contributed by atoms with E-state index >= 15 is 0 Å². The number of carbonyl (C=O) groups is 1. The van der Waals surface area contributed by atoms with Gasteiger partial charge in [0.2, 0.25) is 0 Å². The second-order valence-corrected chi connectivity index (χ2v) is 7.85. The molecule has 162 valence electrons. The second kappa shape index (κ2) is 10.5. The van der Waals surface area contributed by atoms with Crippen LogP contribution in [0.3, 0.4) is 0 Å². The highest BCUT2D eigenvalue weighted by Crippen LogP contribution is 2.23. The smallest absolute Gasteiger partial charge is 0.337 e. The highest BCUT2D eigenvalue weighted by Gasteiger charge is 2.16. The molecule has 0 saturated heterocycles. The Morgan fingerprint density at radius 1 is 1.03 bits per heavy atom. The Bertz CT molecular complexity index is 1100. The lowest BCUT2D eigenvalue weighted by atomic mass is 10.1. The van der Waals surface area contributed by atoms with E-state index in [0.717, 1.165) is 17.8 Å². The van der Waals surface area contributed by atoms with Crippen LogP contribution in [-0.4, -0.2) is 24.2 Å². The zero-order valence-corrected chi connectivity index (χ0v) is 19.0. The first-order valence-corrected chi connectivity index (χ1v) is 10.7. The summed E-state index contributed by atoms with van der Waals surface area (Å²) in [6.07, 6.45) is 0.586. The molecule has 1 aromatic heterocycles. The van der Waals surface area contributed by atoms with Crippen molar-refractivity contribution in [2.24, 2.45) is 0 Å². The molecule has 2 aromatic carbocycles. The molecule has 0 amide bonds. The van der Waals surface area contributed by atoms with Crippen LogP contribution < -0.4 is 10.5 Å². The average Bonchev–Trinajstić information content (AvgIpc) is 2.80. The summed E-state index contributed by atoms with van der Waals surface area (Å²) in [5, 5.41) is 0.553. The lowest BCUT2D eigenvalue weighted by Crippen LogP contribution is -2.30. The van der Waals surface area contributed by atoms with Crippen molar-refractivity contribution in [1.29, 1.82) is 0 Å². The van der Waals surface area contributed by atoms with Gasteiger partial charge >= 0.3 is 5.97 Å². The number of methoxy groups -OCH3 is 1. The summed E-state index contributed by atoms with van der Waals surface area (Å²) in [6, 6.07) is 18.6. The molecule has 0 aliphatic carbocycles. The summed E-state index contributed by atoms with van der Waals surface area (Å²) in [5.74, 6) is -0.382. The standard InChI is InChI=1S/C24H24Cl2N2O3/c1-3-27(19-7-5-4-6-8-19)16-22-20(25)15-21(26)23(29)28(22)14-13-17-9-11-18(12-10-17)24(30)31-2/h4-12,15H,3,13-14,16H2,1-2H3. The molecule has 0 bridgehead atoms. The molecule has 1 heterocycles. The minimum Gasteiger partial charge on any atom is -0.465 e. The lowest BCUT2D eigenvalue weighted by Gasteiger charge is -2.26. The van der Waals surface area contributed by atoms with E-state index in [1.54, 1.807) is 16.7 Å². The van der Waals surface area contributed by atoms with Gasteiger partial charge in [-0.25, -0.2) is 4.79 Å². The Balaban J connectivity index is 1.87. The molecule has 0 saturated carbocycles. The van der Waals surface area contributed by atoms with Crippen molar-refractivity contribution < 1.29 is 9.53 Å². The van der Waals surface area contributed by atoms with Crippen molar-refractivity contribution in [2.45, 2.75) is 26.4 Å². The highest BCUT2D eigenvalue weighted by atomic mass is 35.5. The van der Waals surface area contributed by atoms with E-state index in [0.29, 0.717) is 35.8 Å². The average molecular weight is 459 g/mol. The van der Waals surface area contributed by atoms with Gasteiger partial charge in [0, 0.05) is 18.8 Å². The molecule has 0 unspecified atom stereocenters. The third kappa shape index (κ3) is 5.49. The molecule has 0 radical (unpaired) electrons. The van der Waals surface area contributed by atoms with Gasteiger partial charge in [-0.1, -0.05) is 53.5 Å². The van der Waals surface area contributed by atoms with Crippen LogP contribution in [0.25, 0.3) is 0 Å². The van der Waals surface area contributed by atoms with E-state index in [-0.39, 0.29) is 16.6 Å². The Labute approximate surface area is 191 Å². The predicted octanol–water partition coefficient (Wildman–Crippen LogP) is 5.21. The van der Waals surface area contributed by atoms with Crippen molar-refractivity contribution in [3.63, 3.8) is 0 Å². The number of rotatable bonds is 8. The number of pyridine rings is 1. The van der Waals surface area contributed by atoms with Crippen molar-refractivity contribution in [3.8, 4) is 0 Å². The maximum Gasteiger partial charge on any atom is 0.337 e. The topological polar surface area (TPSA) is 51.5 Å². The maximum absolute atomic E-state index is 12.8. The largest absolute Gasteiger partial charge is 0.465 e. The van der Waals surface area contributed by atoms with Gasteiger partial charge in [-0.15, -0.1) is 0 Å². The van der Waals surface area contributed by atoms with Crippen molar-refractivity contribution in [2.75, 3.05) is 18.6 Å². The fourth-order valence-electron chi connectivity index (χ4n) is 3.41. The zero-order valence-electron chi connectivity index (χ0n) is 17.5. The van der Waals surface area contributed by atoms with Gasteiger partial charge in [-0.05, 0) is 49.2 Å². The van der Waals surface area contributed by atoms with E-state index in [2.05, 4.69) is 11.8 Å². The molecule has 0 aliphatic rings. The number of ether oxygens (including phenoxy) is 1. The Morgan fingerprint density at radius 3 is 2.32 bits per heavy atom. The van der Waals surface area contributed by atoms with E-state index in [4.69, 9.17) is 27.9 Å².